The number of aromatic nitrogens is 3. The SMILES string of the molecule is CC(C)C[C@H](NC(=O)CSc1nnc2n1CCCCC2)c1ccccc1. The summed E-state index contributed by atoms with van der Waals surface area (Å²) in [7, 11) is 0. The predicted octanol–water partition coefficient (Wildman–Crippen LogP) is 4.00. The van der Waals surface area contributed by atoms with Crippen LogP contribution in [0.1, 0.15) is 57.0 Å². The Kier molecular flexibility index (Phi) is 6.72. The van der Waals surface area contributed by atoms with E-state index in [9.17, 15) is 4.79 Å². The molecule has 0 spiro atoms. The van der Waals surface area contributed by atoms with Crippen LogP contribution >= 0.6 is 11.8 Å². The van der Waals surface area contributed by atoms with Crippen LogP contribution in [0.15, 0.2) is 35.5 Å². The average Bonchev–Trinajstić information content (AvgIpc) is 2.86. The molecule has 5 nitrogen and oxygen atoms in total. The molecular weight excluding hydrogens is 344 g/mol. The highest BCUT2D eigenvalue weighted by Crippen LogP contribution is 2.24. The lowest BCUT2D eigenvalue weighted by Gasteiger charge is -2.21. The molecule has 1 aromatic heterocycles. The van der Waals surface area contributed by atoms with Crippen molar-refractivity contribution in [3.05, 3.63) is 41.7 Å². The van der Waals surface area contributed by atoms with Gasteiger partial charge in [-0.1, -0.05) is 62.4 Å². The maximum Gasteiger partial charge on any atom is 0.230 e. The maximum absolute atomic E-state index is 12.6. The van der Waals surface area contributed by atoms with Crippen molar-refractivity contribution in [3.8, 4) is 0 Å². The summed E-state index contributed by atoms with van der Waals surface area (Å²) in [4.78, 5) is 12.6. The number of aryl methyl sites for hydroxylation is 1. The van der Waals surface area contributed by atoms with Gasteiger partial charge < -0.3 is 9.88 Å². The highest BCUT2D eigenvalue weighted by atomic mass is 32.2. The Morgan fingerprint density at radius 1 is 1.19 bits per heavy atom. The van der Waals surface area contributed by atoms with Gasteiger partial charge in [-0.2, -0.15) is 0 Å². The first-order valence-corrected chi connectivity index (χ1v) is 10.5. The fourth-order valence-corrected chi connectivity index (χ4v) is 4.16. The van der Waals surface area contributed by atoms with Crippen molar-refractivity contribution in [2.45, 2.75) is 63.7 Å². The van der Waals surface area contributed by atoms with E-state index < -0.39 is 0 Å². The van der Waals surface area contributed by atoms with E-state index in [-0.39, 0.29) is 11.9 Å². The molecule has 2 aromatic rings. The Labute approximate surface area is 160 Å². The van der Waals surface area contributed by atoms with E-state index in [1.54, 1.807) is 0 Å². The molecule has 0 unspecified atom stereocenters. The zero-order chi connectivity index (χ0) is 18.4. The Morgan fingerprint density at radius 2 is 2.00 bits per heavy atom. The van der Waals surface area contributed by atoms with Gasteiger partial charge in [-0.3, -0.25) is 4.79 Å². The zero-order valence-electron chi connectivity index (χ0n) is 15.6. The minimum atomic E-state index is 0.0514. The summed E-state index contributed by atoms with van der Waals surface area (Å²) in [6.07, 6.45) is 5.50. The number of nitrogens with zero attached hydrogens (tertiary/aromatic N) is 3. The molecule has 1 aliphatic rings. The highest BCUT2D eigenvalue weighted by molar-refractivity contribution is 7.99. The molecule has 1 amide bonds. The summed E-state index contributed by atoms with van der Waals surface area (Å²) in [5, 5.41) is 12.7. The number of thioether (sulfide) groups is 1. The third-order valence-electron chi connectivity index (χ3n) is 4.65. The molecule has 0 radical (unpaired) electrons. The van der Waals surface area contributed by atoms with Crippen LogP contribution < -0.4 is 5.32 Å². The van der Waals surface area contributed by atoms with E-state index in [4.69, 9.17) is 0 Å². The largest absolute Gasteiger partial charge is 0.349 e. The van der Waals surface area contributed by atoms with Crippen LogP contribution in [0.3, 0.4) is 0 Å². The summed E-state index contributed by atoms with van der Waals surface area (Å²) in [5.74, 6) is 2.00. The topological polar surface area (TPSA) is 59.8 Å². The quantitative estimate of drug-likeness (QED) is 0.746. The van der Waals surface area contributed by atoms with Crippen molar-refractivity contribution < 1.29 is 4.79 Å². The third kappa shape index (κ3) is 5.10. The Balaban J connectivity index is 1.60. The van der Waals surface area contributed by atoms with Crippen LogP contribution in [-0.2, 0) is 17.8 Å². The number of rotatable bonds is 7. The smallest absolute Gasteiger partial charge is 0.230 e. The van der Waals surface area contributed by atoms with Gasteiger partial charge in [0.15, 0.2) is 5.16 Å². The van der Waals surface area contributed by atoms with Crippen LogP contribution in [0, 0.1) is 5.92 Å². The van der Waals surface area contributed by atoms with Gasteiger partial charge in [0.25, 0.3) is 0 Å². The number of benzene rings is 1. The number of nitrogens with one attached hydrogen (secondary N) is 1. The normalized spacial score (nSPS) is 15.3. The van der Waals surface area contributed by atoms with E-state index in [0.717, 1.165) is 42.4 Å². The van der Waals surface area contributed by atoms with Gasteiger partial charge in [0.1, 0.15) is 5.82 Å². The molecule has 1 aliphatic heterocycles. The molecule has 1 aromatic carbocycles. The Morgan fingerprint density at radius 3 is 2.77 bits per heavy atom. The van der Waals surface area contributed by atoms with Crippen molar-refractivity contribution >= 4 is 17.7 Å². The molecule has 3 rings (SSSR count). The van der Waals surface area contributed by atoms with Gasteiger partial charge >= 0.3 is 0 Å². The second-order valence-corrected chi connectivity index (χ2v) is 8.25. The van der Waals surface area contributed by atoms with Crippen molar-refractivity contribution in [1.29, 1.82) is 0 Å². The fraction of sp³-hybridized carbons (Fsp3) is 0.550. The second-order valence-electron chi connectivity index (χ2n) is 7.31. The minimum absolute atomic E-state index is 0.0514. The van der Waals surface area contributed by atoms with Gasteiger partial charge in [-0.25, -0.2) is 0 Å². The van der Waals surface area contributed by atoms with Crippen LogP contribution in [-0.4, -0.2) is 26.4 Å². The van der Waals surface area contributed by atoms with Crippen LogP contribution in [0.5, 0.6) is 0 Å². The van der Waals surface area contributed by atoms with Crippen molar-refractivity contribution in [2.75, 3.05) is 5.75 Å². The maximum atomic E-state index is 12.6. The van der Waals surface area contributed by atoms with Gasteiger partial charge in [0, 0.05) is 13.0 Å². The molecule has 0 fully saturated rings. The lowest BCUT2D eigenvalue weighted by Crippen LogP contribution is -2.31. The third-order valence-corrected chi connectivity index (χ3v) is 5.62. The first-order chi connectivity index (χ1) is 12.6. The van der Waals surface area contributed by atoms with E-state index in [1.807, 2.05) is 18.2 Å². The summed E-state index contributed by atoms with van der Waals surface area (Å²) in [5.41, 5.74) is 1.16. The van der Waals surface area contributed by atoms with E-state index in [0.29, 0.717) is 11.7 Å². The molecule has 0 saturated carbocycles. The zero-order valence-corrected chi connectivity index (χ0v) is 16.5. The predicted molar refractivity (Wildman–Crippen MR) is 105 cm³/mol. The van der Waals surface area contributed by atoms with Crippen molar-refractivity contribution in [3.63, 3.8) is 0 Å². The van der Waals surface area contributed by atoms with E-state index >= 15 is 0 Å². The van der Waals surface area contributed by atoms with Crippen LogP contribution in [0.2, 0.25) is 0 Å². The second kappa shape index (κ2) is 9.21. The Hall–Kier alpha value is -1.82. The number of hydrogen-bond donors (Lipinski definition) is 1. The number of amides is 1. The first kappa shape index (κ1) is 19.0. The summed E-state index contributed by atoms with van der Waals surface area (Å²) < 4.78 is 2.19. The molecule has 0 bridgehead atoms. The fourth-order valence-electron chi connectivity index (χ4n) is 3.37. The average molecular weight is 373 g/mol. The molecular formula is C20H28N4OS. The number of carbonyl (C=O) groups is 1. The van der Waals surface area contributed by atoms with Crippen molar-refractivity contribution in [2.24, 2.45) is 5.92 Å². The van der Waals surface area contributed by atoms with Gasteiger partial charge in [-0.05, 0) is 30.7 Å². The summed E-state index contributed by atoms with van der Waals surface area (Å²) in [6, 6.07) is 10.3. The number of fused-ring (bicyclic) bond motifs is 1. The lowest BCUT2D eigenvalue weighted by atomic mass is 9.97. The van der Waals surface area contributed by atoms with Crippen molar-refractivity contribution in [1.82, 2.24) is 20.1 Å². The number of hydrogen-bond acceptors (Lipinski definition) is 4. The summed E-state index contributed by atoms with van der Waals surface area (Å²) >= 11 is 1.49. The molecule has 1 atom stereocenters. The molecule has 0 aliphatic carbocycles. The standard InChI is InChI=1S/C20H28N4OS/c1-15(2)13-17(16-9-5-3-6-10-16)21-19(25)14-26-20-23-22-18-11-7-4-8-12-24(18)20/h3,5-6,9-10,15,17H,4,7-8,11-14H2,1-2H3,(H,21,25)/t17-/m0/s1. The highest BCUT2D eigenvalue weighted by Gasteiger charge is 2.19. The van der Waals surface area contributed by atoms with Gasteiger partial charge in [-0.15, -0.1) is 10.2 Å². The van der Waals surface area contributed by atoms with Gasteiger partial charge in [0.2, 0.25) is 5.91 Å². The first-order valence-electron chi connectivity index (χ1n) is 9.52. The van der Waals surface area contributed by atoms with Gasteiger partial charge in [0.05, 0.1) is 11.8 Å². The summed E-state index contributed by atoms with van der Waals surface area (Å²) in [6.45, 7) is 5.33. The van der Waals surface area contributed by atoms with E-state index in [1.165, 1.54) is 24.6 Å². The molecule has 0 saturated heterocycles. The van der Waals surface area contributed by atoms with Crippen LogP contribution in [0.4, 0.5) is 0 Å². The van der Waals surface area contributed by atoms with Crippen LogP contribution in [0.25, 0.3) is 0 Å². The molecule has 2 heterocycles. The molecule has 6 heteroatoms. The van der Waals surface area contributed by atoms with E-state index in [2.05, 4.69) is 46.1 Å². The molecule has 1 N–H and O–H groups in total. The Bertz CT molecular complexity index is 714. The monoisotopic (exact) mass is 372 g/mol. The minimum Gasteiger partial charge on any atom is -0.349 e. The molecule has 26 heavy (non-hydrogen) atoms. The lowest BCUT2D eigenvalue weighted by molar-refractivity contribution is -0.119. The number of carbonyl (C=O) groups excluding carboxylic acids is 1. The molecule has 140 valence electrons.